The number of amides is 1. The summed E-state index contributed by atoms with van der Waals surface area (Å²) in [6.07, 6.45) is 3.67. The van der Waals surface area contributed by atoms with Crippen LogP contribution in [-0.2, 0) is 10.3 Å². The van der Waals surface area contributed by atoms with Gasteiger partial charge in [0.1, 0.15) is 5.60 Å². The van der Waals surface area contributed by atoms with Gasteiger partial charge in [-0.3, -0.25) is 4.79 Å². The molecule has 118 valence electrons. The van der Waals surface area contributed by atoms with E-state index in [0.717, 1.165) is 13.1 Å². The van der Waals surface area contributed by atoms with Gasteiger partial charge >= 0.3 is 0 Å². The number of halogens is 1. The Bertz CT molecular complexity index is 506. The molecule has 1 saturated carbocycles. The highest BCUT2D eigenvalue weighted by Gasteiger charge is 2.53. The number of primary amides is 1. The number of methoxy groups -OCH3 is 1. The quantitative estimate of drug-likeness (QED) is 0.926. The standard InChI is InChI=1S/C15H22N2O2S.ClH/c1-17-8-10-4-3-5-11(9-17)15(10,19-2)13-7-6-12(20-13)14(16)18;/h6-7,10-11H,3-5,8-9H2,1-2H3,(H2,16,18);1H. The first-order chi connectivity index (χ1) is 9.57. The zero-order valence-electron chi connectivity index (χ0n) is 12.5. The van der Waals surface area contributed by atoms with Crippen molar-refractivity contribution in [1.82, 2.24) is 4.90 Å². The molecule has 2 unspecified atom stereocenters. The lowest BCUT2D eigenvalue weighted by atomic mass is 9.64. The van der Waals surface area contributed by atoms with Crippen LogP contribution in [0, 0.1) is 11.8 Å². The number of thiophene rings is 1. The van der Waals surface area contributed by atoms with Crippen molar-refractivity contribution >= 4 is 29.7 Å². The summed E-state index contributed by atoms with van der Waals surface area (Å²) in [7, 11) is 4.01. The van der Waals surface area contributed by atoms with E-state index in [1.54, 1.807) is 0 Å². The van der Waals surface area contributed by atoms with Crippen molar-refractivity contribution in [2.24, 2.45) is 17.6 Å². The molecule has 6 heteroatoms. The molecule has 2 N–H and O–H groups in total. The summed E-state index contributed by atoms with van der Waals surface area (Å²) in [6.45, 7) is 2.13. The molecule has 3 rings (SSSR count). The summed E-state index contributed by atoms with van der Waals surface area (Å²) in [4.78, 5) is 15.6. The van der Waals surface area contributed by atoms with Crippen LogP contribution in [0.25, 0.3) is 0 Å². The number of nitrogens with two attached hydrogens (primary N) is 1. The molecule has 0 aromatic carbocycles. The van der Waals surface area contributed by atoms with Crippen LogP contribution >= 0.6 is 23.7 Å². The Morgan fingerprint density at radius 3 is 2.48 bits per heavy atom. The number of rotatable bonds is 3. The fourth-order valence-corrected chi connectivity index (χ4v) is 5.36. The predicted octanol–water partition coefficient (Wildman–Crippen LogP) is 2.47. The maximum absolute atomic E-state index is 11.4. The van der Waals surface area contributed by atoms with Crippen LogP contribution in [-0.4, -0.2) is 38.1 Å². The Morgan fingerprint density at radius 1 is 1.38 bits per heavy atom. The smallest absolute Gasteiger partial charge is 0.258 e. The first-order valence-electron chi connectivity index (χ1n) is 7.21. The van der Waals surface area contributed by atoms with Gasteiger partial charge in [0.25, 0.3) is 5.91 Å². The molecule has 2 aliphatic rings. The second-order valence-corrected chi connectivity index (χ2v) is 7.16. The highest BCUT2D eigenvalue weighted by Crippen LogP contribution is 2.52. The Kier molecular flexibility index (Phi) is 4.98. The molecule has 1 aromatic heterocycles. The normalized spacial score (nSPS) is 32.5. The predicted molar refractivity (Wildman–Crippen MR) is 87.1 cm³/mol. The minimum atomic E-state index is -0.342. The molecule has 2 fully saturated rings. The van der Waals surface area contributed by atoms with E-state index < -0.39 is 0 Å². The van der Waals surface area contributed by atoms with Crippen LogP contribution < -0.4 is 5.73 Å². The Balaban J connectivity index is 0.00000161. The van der Waals surface area contributed by atoms with E-state index in [9.17, 15) is 4.79 Å². The van der Waals surface area contributed by atoms with Crippen LogP contribution in [0.5, 0.6) is 0 Å². The third-order valence-corrected chi connectivity index (χ3v) is 6.19. The van der Waals surface area contributed by atoms with Gasteiger partial charge in [-0.05, 0) is 32.0 Å². The highest BCUT2D eigenvalue weighted by atomic mass is 35.5. The minimum absolute atomic E-state index is 0. The zero-order chi connectivity index (χ0) is 14.3. The largest absolute Gasteiger partial charge is 0.372 e. The lowest BCUT2D eigenvalue weighted by Gasteiger charge is -2.54. The van der Waals surface area contributed by atoms with Crippen molar-refractivity contribution in [3.8, 4) is 0 Å². The fourth-order valence-electron chi connectivity index (χ4n) is 4.17. The minimum Gasteiger partial charge on any atom is -0.372 e. The van der Waals surface area contributed by atoms with Gasteiger partial charge < -0.3 is 15.4 Å². The van der Waals surface area contributed by atoms with Gasteiger partial charge in [-0.25, -0.2) is 0 Å². The molecule has 0 radical (unpaired) electrons. The number of nitrogens with zero attached hydrogens (tertiary/aromatic N) is 1. The first-order valence-corrected chi connectivity index (χ1v) is 8.03. The Labute approximate surface area is 136 Å². The summed E-state index contributed by atoms with van der Waals surface area (Å²) in [6, 6.07) is 3.89. The van der Waals surface area contributed by atoms with Gasteiger partial charge in [-0.15, -0.1) is 23.7 Å². The van der Waals surface area contributed by atoms with Crippen LogP contribution in [0.4, 0.5) is 0 Å². The number of ether oxygens (including phenoxy) is 1. The average Bonchev–Trinajstić information content (AvgIpc) is 2.88. The molecular formula is C15H23ClN2O2S. The van der Waals surface area contributed by atoms with E-state index in [1.165, 1.54) is 35.5 Å². The summed E-state index contributed by atoms with van der Waals surface area (Å²) >= 11 is 1.51. The second kappa shape index (κ2) is 6.24. The summed E-state index contributed by atoms with van der Waals surface area (Å²) in [5.41, 5.74) is 5.18. The number of carbonyl (C=O) groups is 1. The molecule has 2 bridgehead atoms. The number of carbonyl (C=O) groups excluding carboxylic acids is 1. The number of likely N-dealkylation sites (tertiary alicyclic amines) is 1. The third-order valence-electron chi connectivity index (χ3n) is 4.95. The molecule has 2 heterocycles. The average molecular weight is 331 g/mol. The van der Waals surface area contributed by atoms with E-state index in [2.05, 4.69) is 11.9 Å². The van der Waals surface area contributed by atoms with E-state index in [1.807, 2.05) is 19.2 Å². The van der Waals surface area contributed by atoms with Crippen molar-refractivity contribution in [3.05, 3.63) is 21.9 Å². The molecule has 21 heavy (non-hydrogen) atoms. The maximum Gasteiger partial charge on any atom is 0.258 e. The van der Waals surface area contributed by atoms with Crippen molar-refractivity contribution < 1.29 is 9.53 Å². The van der Waals surface area contributed by atoms with Crippen LogP contribution in [0.1, 0.15) is 33.8 Å². The lowest BCUT2D eigenvalue weighted by Crippen LogP contribution is -2.57. The molecule has 1 aliphatic carbocycles. The number of piperidine rings is 1. The third kappa shape index (κ3) is 2.61. The molecule has 1 aliphatic heterocycles. The van der Waals surface area contributed by atoms with Crippen molar-refractivity contribution in [1.29, 1.82) is 0 Å². The van der Waals surface area contributed by atoms with E-state index in [-0.39, 0.29) is 23.9 Å². The SMILES string of the molecule is COC1(c2ccc(C(N)=O)s2)C2CCCC1CN(C)C2.Cl. The molecule has 1 aromatic rings. The van der Waals surface area contributed by atoms with Crippen LogP contribution in [0.15, 0.2) is 12.1 Å². The Morgan fingerprint density at radius 2 is 2.00 bits per heavy atom. The van der Waals surface area contributed by atoms with E-state index >= 15 is 0 Å². The Hall–Kier alpha value is -0.620. The molecule has 1 amide bonds. The van der Waals surface area contributed by atoms with Gasteiger partial charge in [0.2, 0.25) is 0 Å². The number of fused-ring (bicyclic) bond motifs is 2. The van der Waals surface area contributed by atoms with Crippen LogP contribution in [0.2, 0.25) is 0 Å². The monoisotopic (exact) mass is 330 g/mol. The summed E-state index contributed by atoms with van der Waals surface area (Å²) in [5, 5.41) is 0. The molecule has 0 spiro atoms. The van der Waals surface area contributed by atoms with Crippen LogP contribution in [0.3, 0.4) is 0 Å². The first kappa shape index (κ1) is 16.7. The van der Waals surface area contributed by atoms with Gasteiger partial charge in [0.05, 0.1) is 4.88 Å². The van der Waals surface area contributed by atoms with Gasteiger partial charge in [-0.2, -0.15) is 0 Å². The fraction of sp³-hybridized carbons (Fsp3) is 0.667. The number of hydrogen-bond donors (Lipinski definition) is 1. The van der Waals surface area contributed by atoms with Gasteiger partial charge in [0, 0.05) is 36.9 Å². The van der Waals surface area contributed by atoms with Gasteiger partial charge in [-0.1, -0.05) is 6.42 Å². The summed E-state index contributed by atoms with van der Waals surface area (Å²) in [5.74, 6) is 0.666. The molecule has 2 atom stereocenters. The van der Waals surface area contributed by atoms with Crippen molar-refractivity contribution in [2.45, 2.75) is 24.9 Å². The zero-order valence-corrected chi connectivity index (χ0v) is 14.1. The van der Waals surface area contributed by atoms with Crippen molar-refractivity contribution in [3.63, 3.8) is 0 Å². The molecule has 1 saturated heterocycles. The van der Waals surface area contributed by atoms with E-state index in [0.29, 0.717) is 16.7 Å². The second-order valence-electron chi connectivity index (χ2n) is 6.07. The molecule has 4 nitrogen and oxygen atoms in total. The highest BCUT2D eigenvalue weighted by molar-refractivity contribution is 7.14. The number of hydrogen-bond acceptors (Lipinski definition) is 4. The maximum atomic E-state index is 11.4. The van der Waals surface area contributed by atoms with E-state index in [4.69, 9.17) is 10.5 Å². The summed E-state index contributed by atoms with van der Waals surface area (Å²) < 4.78 is 6.10. The van der Waals surface area contributed by atoms with Gasteiger partial charge in [0.15, 0.2) is 0 Å². The molecular weight excluding hydrogens is 308 g/mol. The lowest BCUT2D eigenvalue weighted by molar-refractivity contribution is -0.163. The topological polar surface area (TPSA) is 55.6 Å². The van der Waals surface area contributed by atoms with Crippen molar-refractivity contribution in [2.75, 3.05) is 27.2 Å².